The first-order chi connectivity index (χ1) is 9.58. The molecule has 2 aromatic rings. The highest BCUT2D eigenvalue weighted by Gasteiger charge is 2.15. The first-order valence-electron chi connectivity index (χ1n) is 6.36. The summed E-state index contributed by atoms with van der Waals surface area (Å²) in [5.41, 5.74) is 1.70. The minimum absolute atomic E-state index is 0.0816. The fraction of sp³-hybridized carbons (Fsp3) is 0.188. The Morgan fingerprint density at radius 3 is 2.60 bits per heavy atom. The minimum atomic E-state index is -0.0816. The number of nitrogens with zero attached hydrogens (tertiary/aromatic N) is 1. The lowest BCUT2D eigenvalue weighted by atomic mass is 10.1. The second-order valence-electron chi connectivity index (χ2n) is 4.63. The molecule has 104 valence electrons. The van der Waals surface area contributed by atoms with Crippen molar-refractivity contribution < 1.29 is 4.79 Å². The second kappa shape index (κ2) is 6.82. The maximum Gasteiger partial charge on any atom is 0.255 e. The Morgan fingerprint density at radius 2 is 1.90 bits per heavy atom. The van der Waals surface area contributed by atoms with Gasteiger partial charge >= 0.3 is 0 Å². The van der Waals surface area contributed by atoms with Gasteiger partial charge in [0.2, 0.25) is 0 Å². The van der Waals surface area contributed by atoms with Crippen LogP contribution in [0.3, 0.4) is 0 Å². The molecule has 0 spiro atoms. The number of benzene rings is 2. The lowest BCUT2D eigenvalue weighted by Gasteiger charge is -2.18. The van der Waals surface area contributed by atoms with Crippen molar-refractivity contribution in [2.45, 2.75) is 11.3 Å². The van der Waals surface area contributed by atoms with Crippen molar-refractivity contribution in [2.24, 2.45) is 0 Å². The molecule has 0 aliphatic heterocycles. The molecule has 2 aromatic carbocycles. The van der Waals surface area contributed by atoms with Gasteiger partial charge in [-0.1, -0.05) is 41.9 Å². The third kappa shape index (κ3) is 3.78. The van der Waals surface area contributed by atoms with E-state index >= 15 is 0 Å². The van der Waals surface area contributed by atoms with Gasteiger partial charge in [-0.15, -0.1) is 12.6 Å². The van der Waals surface area contributed by atoms with Crippen molar-refractivity contribution in [2.75, 3.05) is 13.6 Å². The molecule has 0 N–H and O–H groups in total. The van der Waals surface area contributed by atoms with E-state index in [0.29, 0.717) is 17.1 Å². The number of rotatable bonds is 4. The van der Waals surface area contributed by atoms with Crippen LogP contribution in [-0.2, 0) is 6.42 Å². The van der Waals surface area contributed by atoms with Gasteiger partial charge in [0, 0.05) is 18.5 Å². The fourth-order valence-electron chi connectivity index (χ4n) is 1.93. The summed E-state index contributed by atoms with van der Waals surface area (Å²) in [6.45, 7) is 0.649. The number of likely N-dealkylation sites (N-methyl/N-ethyl adjacent to an activating group) is 1. The number of thiol groups is 1. The van der Waals surface area contributed by atoms with Crippen LogP contribution in [0, 0.1) is 0 Å². The summed E-state index contributed by atoms with van der Waals surface area (Å²) >= 11 is 10.3. The van der Waals surface area contributed by atoms with E-state index in [4.69, 9.17) is 11.6 Å². The Bertz CT molecular complexity index is 601. The molecule has 2 rings (SSSR count). The Hall–Kier alpha value is -1.45. The van der Waals surface area contributed by atoms with E-state index < -0.39 is 0 Å². The largest absolute Gasteiger partial charge is 0.341 e. The van der Waals surface area contributed by atoms with Crippen LogP contribution in [-0.4, -0.2) is 24.4 Å². The van der Waals surface area contributed by atoms with E-state index in [0.717, 1.165) is 11.3 Å². The number of halogens is 1. The standard InChI is InChI=1S/C16H16ClNOS/c1-18(10-9-12-5-3-2-4-6-12)16(19)14-11-13(20)7-8-15(14)17/h2-8,11,20H,9-10H2,1H3. The van der Waals surface area contributed by atoms with Crippen LogP contribution in [0.2, 0.25) is 5.02 Å². The normalized spacial score (nSPS) is 10.3. The van der Waals surface area contributed by atoms with Gasteiger partial charge < -0.3 is 4.90 Å². The molecule has 0 bridgehead atoms. The Kier molecular flexibility index (Phi) is 5.10. The second-order valence-corrected chi connectivity index (χ2v) is 5.55. The van der Waals surface area contributed by atoms with E-state index in [1.807, 2.05) is 18.2 Å². The van der Waals surface area contributed by atoms with Gasteiger partial charge in [-0.25, -0.2) is 0 Å². The van der Waals surface area contributed by atoms with E-state index in [-0.39, 0.29) is 5.91 Å². The summed E-state index contributed by atoms with van der Waals surface area (Å²) in [6, 6.07) is 15.3. The molecule has 0 heterocycles. The molecule has 0 unspecified atom stereocenters. The molecule has 0 radical (unpaired) electrons. The van der Waals surface area contributed by atoms with Crippen LogP contribution in [0.25, 0.3) is 0 Å². The summed E-state index contributed by atoms with van der Waals surface area (Å²) in [5.74, 6) is -0.0816. The molecule has 0 aromatic heterocycles. The van der Waals surface area contributed by atoms with Crippen LogP contribution in [0.15, 0.2) is 53.4 Å². The highest BCUT2D eigenvalue weighted by atomic mass is 35.5. The summed E-state index contributed by atoms with van der Waals surface area (Å²) < 4.78 is 0. The predicted molar refractivity (Wildman–Crippen MR) is 85.8 cm³/mol. The van der Waals surface area contributed by atoms with Crippen molar-refractivity contribution >= 4 is 30.1 Å². The van der Waals surface area contributed by atoms with Crippen LogP contribution in [0.4, 0.5) is 0 Å². The molecule has 20 heavy (non-hydrogen) atoms. The summed E-state index contributed by atoms with van der Waals surface area (Å²) in [6.07, 6.45) is 0.821. The summed E-state index contributed by atoms with van der Waals surface area (Å²) in [5, 5.41) is 0.458. The van der Waals surface area contributed by atoms with Crippen molar-refractivity contribution in [1.82, 2.24) is 4.90 Å². The van der Waals surface area contributed by atoms with Crippen LogP contribution < -0.4 is 0 Å². The van der Waals surface area contributed by atoms with Crippen molar-refractivity contribution in [3.05, 3.63) is 64.7 Å². The highest BCUT2D eigenvalue weighted by molar-refractivity contribution is 7.80. The third-order valence-electron chi connectivity index (χ3n) is 3.11. The quantitative estimate of drug-likeness (QED) is 0.848. The Balaban J connectivity index is 2.03. The van der Waals surface area contributed by atoms with Gasteiger partial charge in [-0.3, -0.25) is 4.79 Å². The number of hydrogen-bond donors (Lipinski definition) is 1. The zero-order valence-corrected chi connectivity index (χ0v) is 12.9. The first kappa shape index (κ1) is 14.9. The molecule has 1 amide bonds. The Labute approximate surface area is 129 Å². The highest BCUT2D eigenvalue weighted by Crippen LogP contribution is 2.21. The number of carbonyl (C=O) groups is 1. The first-order valence-corrected chi connectivity index (χ1v) is 7.18. The van der Waals surface area contributed by atoms with Gasteiger partial charge in [0.05, 0.1) is 10.6 Å². The van der Waals surface area contributed by atoms with Crippen LogP contribution >= 0.6 is 24.2 Å². The maximum absolute atomic E-state index is 12.3. The molecule has 0 atom stereocenters. The lowest BCUT2D eigenvalue weighted by Crippen LogP contribution is -2.29. The number of hydrogen-bond acceptors (Lipinski definition) is 2. The fourth-order valence-corrected chi connectivity index (χ4v) is 2.33. The third-order valence-corrected chi connectivity index (χ3v) is 3.71. The molecule has 0 aliphatic carbocycles. The zero-order chi connectivity index (χ0) is 14.5. The van der Waals surface area contributed by atoms with Gasteiger partial charge in [0.25, 0.3) is 5.91 Å². The molecule has 2 nitrogen and oxygen atoms in total. The smallest absolute Gasteiger partial charge is 0.255 e. The van der Waals surface area contributed by atoms with Gasteiger partial charge in [0.15, 0.2) is 0 Å². The molecule has 0 fully saturated rings. The van der Waals surface area contributed by atoms with Crippen LogP contribution in [0.5, 0.6) is 0 Å². The van der Waals surface area contributed by atoms with Crippen molar-refractivity contribution in [3.63, 3.8) is 0 Å². The zero-order valence-electron chi connectivity index (χ0n) is 11.2. The van der Waals surface area contributed by atoms with Gasteiger partial charge in [0.1, 0.15) is 0 Å². The summed E-state index contributed by atoms with van der Waals surface area (Å²) in [4.78, 5) is 14.8. The molecule has 0 aliphatic rings. The topological polar surface area (TPSA) is 20.3 Å². The van der Waals surface area contributed by atoms with Crippen molar-refractivity contribution in [1.29, 1.82) is 0 Å². The summed E-state index contributed by atoms with van der Waals surface area (Å²) in [7, 11) is 1.78. The van der Waals surface area contributed by atoms with Gasteiger partial charge in [-0.2, -0.15) is 0 Å². The minimum Gasteiger partial charge on any atom is -0.341 e. The molecule has 0 saturated heterocycles. The number of carbonyl (C=O) groups excluding carboxylic acids is 1. The SMILES string of the molecule is CN(CCc1ccccc1)C(=O)c1cc(S)ccc1Cl. The van der Waals surface area contributed by atoms with E-state index in [1.165, 1.54) is 5.56 Å². The monoisotopic (exact) mass is 305 g/mol. The predicted octanol–water partition coefficient (Wildman–Crippen LogP) is 3.94. The average Bonchev–Trinajstić information content (AvgIpc) is 2.47. The van der Waals surface area contributed by atoms with Gasteiger partial charge in [-0.05, 0) is 30.2 Å². The average molecular weight is 306 g/mol. The molecular weight excluding hydrogens is 290 g/mol. The molecular formula is C16H16ClNOS. The molecule has 0 saturated carbocycles. The van der Waals surface area contributed by atoms with Crippen molar-refractivity contribution in [3.8, 4) is 0 Å². The van der Waals surface area contributed by atoms with E-state index in [9.17, 15) is 4.79 Å². The molecule has 4 heteroatoms. The maximum atomic E-state index is 12.3. The van der Waals surface area contributed by atoms with E-state index in [1.54, 1.807) is 30.1 Å². The lowest BCUT2D eigenvalue weighted by molar-refractivity contribution is 0.0796. The number of amides is 1. The van der Waals surface area contributed by atoms with E-state index in [2.05, 4.69) is 24.8 Å². The van der Waals surface area contributed by atoms with Crippen LogP contribution in [0.1, 0.15) is 15.9 Å². The Morgan fingerprint density at radius 1 is 1.20 bits per heavy atom.